The van der Waals surface area contributed by atoms with Crippen LogP contribution in [0.2, 0.25) is 0 Å². The molecule has 7 nitrogen and oxygen atoms in total. The average Bonchev–Trinajstić information content (AvgIpc) is 3.40. The fraction of sp³-hybridized carbons (Fsp3) is 0.130. The predicted molar refractivity (Wildman–Crippen MR) is 116 cm³/mol. The van der Waals surface area contributed by atoms with E-state index in [2.05, 4.69) is 10.6 Å². The number of methoxy groups -OCH3 is 1. The van der Waals surface area contributed by atoms with Gasteiger partial charge in [0, 0.05) is 29.7 Å². The summed E-state index contributed by atoms with van der Waals surface area (Å²) < 4.78 is 9.10. The van der Waals surface area contributed by atoms with Crippen molar-refractivity contribution in [2.75, 3.05) is 12.4 Å². The van der Waals surface area contributed by atoms with Crippen LogP contribution in [0.15, 0.2) is 79.1 Å². The number of carbonyl (C=O) groups is 1. The summed E-state index contributed by atoms with van der Waals surface area (Å²) in [7, 11) is 1.59. The number of hydrogen-bond donors (Lipinski definition) is 2. The van der Waals surface area contributed by atoms with Crippen molar-refractivity contribution in [1.29, 1.82) is 0 Å². The average molecular weight is 401 g/mol. The van der Waals surface area contributed by atoms with Crippen LogP contribution in [0.25, 0.3) is 11.5 Å². The lowest BCUT2D eigenvalue weighted by molar-refractivity contribution is 0.251. The quantitative estimate of drug-likeness (QED) is 0.506. The first kappa shape index (κ1) is 19.3. The van der Waals surface area contributed by atoms with Crippen LogP contribution >= 0.6 is 0 Å². The number of rotatable bonds is 6. The van der Waals surface area contributed by atoms with Crippen LogP contribution in [-0.2, 0) is 6.54 Å². The maximum absolute atomic E-state index is 12.5. The van der Waals surface area contributed by atoms with Gasteiger partial charge < -0.3 is 19.9 Å². The first-order chi connectivity index (χ1) is 14.7. The Bertz CT molecular complexity index is 1130. The van der Waals surface area contributed by atoms with Crippen molar-refractivity contribution in [3.8, 4) is 17.3 Å². The summed E-state index contributed by atoms with van der Waals surface area (Å²) in [5.41, 5.74) is 3.41. The number of nitrogens with one attached hydrogen (secondary N) is 2. The van der Waals surface area contributed by atoms with Crippen LogP contribution in [0, 0.1) is 6.92 Å². The molecule has 0 unspecified atom stereocenters. The Hall–Kier alpha value is -4.00. The molecule has 152 valence electrons. The van der Waals surface area contributed by atoms with Gasteiger partial charge in [-0.1, -0.05) is 24.3 Å². The molecule has 0 saturated carbocycles. The number of anilines is 1. The number of aromatic nitrogens is 3. The Morgan fingerprint density at radius 3 is 2.53 bits per heavy atom. The van der Waals surface area contributed by atoms with Gasteiger partial charge in [-0.25, -0.2) is 9.48 Å². The number of para-hydroxylation sites is 1. The van der Waals surface area contributed by atoms with E-state index < -0.39 is 0 Å². The van der Waals surface area contributed by atoms with Crippen molar-refractivity contribution in [3.05, 3.63) is 90.4 Å². The highest BCUT2D eigenvalue weighted by Crippen LogP contribution is 2.23. The van der Waals surface area contributed by atoms with Gasteiger partial charge >= 0.3 is 6.03 Å². The topological polar surface area (TPSA) is 73.1 Å². The highest BCUT2D eigenvalue weighted by Gasteiger charge is 2.18. The van der Waals surface area contributed by atoms with E-state index in [-0.39, 0.29) is 6.03 Å². The second kappa shape index (κ2) is 8.57. The predicted octanol–water partition coefficient (Wildman–Crippen LogP) is 4.30. The first-order valence-corrected chi connectivity index (χ1v) is 9.62. The molecule has 0 atom stereocenters. The summed E-state index contributed by atoms with van der Waals surface area (Å²) in [5, 5.41) is 10.5. The van der Waals surface area contributed by atoms with Crippen molar-refractivity contribution < 1.29 is 9.53 Å². The second-order valence-electron chi connectivity index (χ2n) is 6.76. The van der Waals surface area contributed by atoms with E-state index in [0.717, 1.165) is 22.8 Å². The van der Waals surface area contributed by atoms with Crippen molar-refractivity contribution in [2.24, 2.45) is 0 Å². The van der Waals surface area contributed by atoms with Gasteiger partial charge in [0.15, 0.2) is 0 Å². The third kappa shape index (κ3) is 4.05. The van der Waals surface area contributed by atoms with E-state index in [1.807, 2.05) is 89.2 Å². The molecule has 0 aliphatic rings. The zero-order chi connectivity index (χ0) is 20.9. The molecule has 2 aromatic heterocycles. The van der Waals surface area contributed by atoms with Crippen LogP contribution in [0.5, 0.6) is 5.75 Å². The van der Waals surface area contributed by atoms with Crippen LogP contribution in [-0.4, -0.2) is 27.5 Å². The van der Waals surface area contributed by atoms with E-state index in [9.17, 15) is 4.79 Å². The molecule has 0 aliphatic carbocycles. The van der Waals surface area contributed by atoms with Gasteiger partial charge in [-0.2, -0.15) is 5.10 Å². The van der Waals surface area contributed by atoms with Crippen molar-refractivity contribution in [2.45, 2.75) is 13.5 Å². The summed E-state index contributed by atoms with van der Waals surface area (Å²) in [6, 6.07) is 20.8. The van der Waals surface area contributed by atoms with E-state index >= 15 is 0 Å². The number of hydrogen-bond acceptors (Lipinski definition) is 3. The molecule has 0 fully saturated rings. The standard InChI is InChI=1S/C23H23N5O2/c1-17-21(16-24-23(29)25-18-9-8-12-20(15-18)30-2)22(27-13-6-7-14-27)28(26-17)19-10-4-3-5-11-19/h3-15H,16H2,1-2H3,(H2,24,25,29). The number of benzene rings is 2. The molecule has 4 aromatic rings. The molecule has 2 aromatic carbocycles. The molecule has 2 N–H and O–H groups in total. The van der Waals surface area contributed by atoms with Crippen LogP contribution in [0.4, 0.5) is 10.5 Å². The van der Waals surface area contributed by atoms with Gasteiger partial charge in [0.1, 0.15) is 11.6 Å². The van der Waals surface area contributed by atoms with E-state index in [1.54, 1.807) is 13.2 Å². The number of ether oxygens (including phenoxy) is 1. The molecular weight excluding hydrogens is 378 g/mol. The Labute approximate surface area is 174 Å². The van der Waals surface area contributed by atoms with Gasteiger partial charge in [-0.15, -0.1) is 0 Å². The zero-order valence-electron chi connectivity index (χ0n) is 16.9. The molecule has 2 heterocycles. The Balaban J connectivity index is 1.58. The lowest BCUT2D eigenvalue weighted by atomic mass is 10.2. The molecule has 2 amide bonds. The van der Waals surface area contributed by atoms with Crippen LogP contribution in [0.1, 0.15) is 11.3 Å². The van der Waals surface area contributed by atoms with Crippen molar-refractivity contribution >= 4 is 11.7 Å². The third-order valence-corrected chi connectivity index (χ3v) is 4.76. The van der Waals surface area contributed by atoms with Gasteiger partial charge in [0.05, 0.1) is 25.0 Å². The molecule has 30 heavy (non-hydrogen) atoms. The second-order valence-corrected chi connectivity index (χ2v) is 6.76. The molecule has 0 saturated heterocycles. The van der Waals surface area contributed by atoms with Crippen LogP contribution < -0.4 is 15.4 Å². The highest BCUT2D eigenvalue weighted by molar-refractivity contribution is 5.89. The highest BCUT2D eigenvalue weighted by atomic mass is 16.5. The minimum absolute atomic E-state index is 0.298. The number of aryl methyl sites for hydroxylation is 1. The van der Waals surface area contributed by atoms with E-state index in [4.69, 9.17) is 9.84 Å². The molecule has 0 bridgehead atoms. The molecule has 0 aliphatic heterocycles. The maximum atomic E-state index is 12.5. The van der Waals surface area contributed by atoms with Gasteiger partial charge in [-0.05, 0) is 43.3 Å². The minimum atomic E-state index is -0.298. The van der Waals surface area contributed by atoms with Crippen molar-refractivity contribution in [3.63, 3.8) is 0 Å². The molecule has 0 radical (unpaired) electrons. The summed E-state index contributed by atoms with van der Waals surface area (Å²) in [6.07, 6.45) is 3.94. The molecule has 4 rings (SSSR count). The zero-order valence-corrected chi connectivity index (χ0v) is 16.9. The monoisotopic (exact) mass is 401 g/mol. The SMILES string of the molecule is COc1cccc(NC(=O)NCc2c(C)nn(-c3ccccc3)c2-n2cccc2)c1. The fourth-order valence-electron chi connectivity index (χ4n) is 3.29. The molecule has 7 heteroatoms. The van der Waals surface area contributed by atoms with Gasteiger partial charge in [0.2, 0.25) is 0 Å². The number of urea groups is 1. The lowest BCUT2D eigenvalue weighted by Gasteiger charge is -2.12. The normalized spacial score (nSPS) is 10.6. The van der Waals surface area contributed by atoms with Crippen molar-refractivity contribution in [1.82, 2.24) is 19.7 Å². The van der Waals surface area contributed by atoms with Crippen LogP contribution in [0.3, 0.4) is 0 Å². The molecular formula is C23H23N5O2. The lowest BCUT2D eigenvalue weighted by Crippen LogP contribution is -2.28. The number of amides is 2. The van der Waals surface area contributed by atoms with E-state index in [1.165, 1.54) is 0 Å². The summed E-state index contributed by atoms with van der Waals surface area (Å²) in [5.74, 6) is 1.58. The fourth-order valence-corrected chi connectivity index (χ4v) is 3.29. The minimum Gasteiger partial charge on any atom is -0.497 e. The number of nitrogens with zero attached hydrogens (tertiary/aromatic N) is 3. The Morgan fingerprint density at radius 2 is 1.80 bits per heavy atom. The Kier molecular flexibility index (Phi) is 5.52. The maximum Gasteiger partial charge on any atom is 0.319 e. The first-order valence-electron chi connectivity index (χ1n) is 9.62. The third-order valence-electron chi connectivity index (χ3n) is 4.76. The Morgan fingerprint density at radius 1 is 1.03 bits per heavy atom. The van der Waals surface area contributed by atoms with Gasteiger partial charge in [0.25, 0.3) is 0 Å². The largest absolute Gasteiger partial charge is 0.497 e. The summed E-state index contributed by atoms with van der Waals surface area (Å²) >= 11 is 0. The smallest absolute Gasteiger partial charge is 0.319 e. The van der Waals surface area contributed by atoms with Gasteiger partial charge in [-0.3, -0.25) is 0 Å². The number of carbonyl (C=O) groups excluding carboxylic acids is 1. The van der Waals surface area contributed by atoms with E-state index in [0.29, 0.717) is 18.0 Å². The molecule has 0 spiro atoms. The summed E-state index contributed by atoms with van der Waals surface area (Å²) in [6.45, 7) is 2.28. The summed E-state index contributed by atoms with van der Waals surface area (Å²) in [4.78, 5) is 12.5.